The van der Waals surface area contributed by atoms with E-state index in [1.54, 1.807) is 0 Å². The quantitative estimate of drug-likeness (QED) is 0.413. The van der Waals surface area contributed by atoms with Gasteiger partial charge in [-0.1, -0.05) is 26.7 Å². The molecule has 0 atom stereocenters. The Kier molecular flexibility index (Phi) is 6.38. The topological polar surface area (TPSA) is 0 Å². The van der Waals surface area contributed by atoms with E-state index in [0.29, 0.717) is 0 Å². The van der Waals surface area contributed by atoms with Crippen LogP contribution < -0.4 is 0 Å². The lowest BCUT2D eigenvalue weighted by Gasteiger charge is -2.00. The van der Waals surface area contributed by atoms with Crippen LogP contribution in [0.4, 0.5) is 0 Å². The van der Waals surface area contributed by atoms with E-state index in [0.717, 1.165) is 12.3 Å². The zero-order chi connectivity index (χ0) is 7.82. The zero-order valence-electron chi connectivity index (χ0n) is 7.41. The van der Waals surface area contributed by atoms with Crippen LogP contribution in [0.15, 0.2) is 0 Å². The molecule has 0 radical (unpaired) electrons. The molecule has 0 aromatic heterocycles. The second-order valence-corrected chi connectivity index (χ2v) is 3.07. The predicted molar refractivity (Wildman–Crippen MR) is 46.8 cm³/mol. The van der Waals surface area contributed by atoms with Gasteiger partial charge in [0.2, 0.25) is 0 Å². The van der Waals surface area contributed by atoms with E-state index in [1.165, 1.54) is 19.3 Å². The monoisotopic (exact) mass is 138 g/mol. The molecule has 0 aliphatic rings. The summed E-state index contributed by atoms with van der Waals surface area (Å²) in [7, 11) is 0. The molecule has 0 N–H and O–H groups in total. The van der Waals surface area contributed by atoms with Crippen LogP contribution in [-0.2, 0) is 0 Å². The molecular weight excluding hydrogens is 120 g/mol. The van der Waals surface area contributed by atoms with Crippen molar-refractivity contribution >= 4 is 0 Å². The molecule has 0 aliphatic heterocycles. The molecule has 10 heavy (non-hydrogen) atoms. The van der Waals surface area contributed by atoms with Crippen molar-refractivity contribution in [3.8, 4) is 11.8 Å². The van der Waals surface area contributed by atoms with Gasteiger partial charge in [0, 0.05) is 6.42 Å². The highest BCUT2D eigenvalue weighted by Crippen LogP contribution is 2.06. The van der Waals surface area contributed by atoms with Crippen LogP contribution in [0.3, 0.4) is 0 Å². The number of unbranched alkanes of at least 4 members (excludes halogenated alkanes) is 2. The van der Waals surface area contributed by atoms with Crippen LogP contribution in [0, 0.1) is 17.8 Å². The molecule has 0 heterocycles. The van der Waals surface area contributed by atoms with Crippen molar-refractivity contribution in [1.29, 1.82) is 0 Å². The minimum Gasteiger partial charge on any atom is -0.107 e. The second-order valence-electron chi connectivity index (χ2n) is 3.07. The summed E-state index contributed by atoms with van der Waals surface area (Å²) in [5.74, 6) is 6.83. The van der Waals surface area contributed by atoms with Crippen LogP contribution in [0.5, 0.6) is 0 Å². The van der Waals surface area contributed by atoms with Crippen molar-refractivity contribution in [3.63, 3.8) is 0 Å². The summed E-state index contributed by atoms with van der Waals surface area (Å²) in [6.07, 6.45) is 5.06. The molecule has 0 heteroatoms. The molecule has 0 spiro atoms. The predicted octanol–water partition coefficient (Wildman–Crippen LogP) is 3.23. The molecule has 0 bridgehead atoms. The first-order chi connectivity index (χ1) is 4.77. The molecule has 0 nitrogen and oxygen atoms in total. The van der Waals surface area contributed by atoms with Crippen LogP contribution in [0.2, 0.25) is 0 Å². The van der Waals surface area contributed by atoms with Gasteiger partial charge in [-0.15, -0.1) is 11.8 Å². The molecule has 0 unspecified atom stereocenters. The van der Waals surface area contributed by atoms with Crippen molar-refractivity contribution in [2.24, 2.45) is 5.92 Å². The Bertz CT molecular complexity index is 112. The van der Waals surface area contributed by atoms with Crippen molar-refractivity contribution in [2.45, 2.75) is 46.5 Å². The van der Waals surface area contributed by atoms with Crippen LogP contribution in [0.1, 0.15) is 46.5 Å². The second kappa shape index (κ2) is 6.68. The minimum atomic E-state index is 0.856. The van der Waals surface area contributed by atoms with E-state index < -0.39 is 0 Å². The van der Waals surface area contributed by atoms with Gasteiger partial charge in [0.25, 0.3) is 0 Å². The van der Waals surface area contributed by atoms with Gasteiger partial charge in [0.05, 0.1) is 0 Å². The molecule has 0 aromatic rings. The lowest BCUT2D eigenvalue weighted by molar-refractivity contribution is 0.542. The number of hydrogen-bond acceptors (Lipinski definition) is 0. The third-order valence-corrected chi connectivity index (χ3v) is 1.51. The van der Waals surface area contributed by atoms with Crippen molar-refractivity contribution < 1.29 is 0 Å². The summed E-state index contributed by atoms with van der Waals surface area (Å²) in [6, 6.07) is 0. The van der Waals surface area contributed by atoms with Gasteiger partial charge in [0.15, 0.2) is 0 Å². The van der Waals surface area contributed by atoms with Gasteiger partial charge in [-0.3, -0.25) is 0 Å². The van der Waals surface area contributed by atoms with Gasteiger partial charge < -0.3 is 0 Å². The maximum atomic E-state index is 3.07. The van der Waals surface area contributed by atoms with E-state index in [9.17, 15) is 0 Å². The van der Waals surface area contributed by atoms with E-state index in [-0.39, 0.29) is 0 Å². The van der Waals surface area contributed by atoms with Crippen LogP contribution in [-0.4, -0.2) is 0 Å². The smallest absolute Gasteiger partial charge is 0.00885 e. The first-order valence-corrected chi connectivity index (χ1v) is 4.17. The lowest BCUT2D eigenvalue weighted by Crippen LogP contribution is -1.85. The summed E-state index contributed by atoms with van der Waals surface area (Å²) < 4.78 is 0. The standard InChI is InChI=1S/C10H18/c1-4-5-6-7-8-9-10(2)3/h10H,6-9H2,1-3H3. The summed E-state index contributed by atoms with van der Waals surface area (Å²) in [4.78, 5) is 0. The highest BCUT2D eigenvalue weighted by atomic mass is 14.0. The normalized spacial score (nSPS) is 9.20. The van der Waals surface area contributed by atoms with E-state index >= 15 is 0 Å². The van der Waals surface area contributed by atoms with Crippen molar-refractivity contribution in [1.82, 2.24) is 0 Å². The maximum absolute atomic E-state index is 3.07. The van der Waals surface area contributed by atoms with Gasteiger partial charge in [-0.25, -0.2) is 0 Å². The Morgan fingerprint density at radius 1 is 1.20 bits per heavy atom. The Labute approximate surface area is 65.0 Å². The molecular formula is C10H18. The van der Waals surface area contributed by atoms with Gasteiger partial charge in [-0.2, -0.15) is 0 Å². The lowest BCUT2D eigenvalue weighted by atomic mass is 10.1. The summed E-state index contributed by atoms with van der Waals surface area (Å²) in [6.45, 7) is 6.44. The van der Waals surface area contributed by atoms with Crippen molar-refractivity contribution in [2.75, 3.05) is 0 Å². The summed E-state index contributed by atoms with van der Waals surface area (Å²) in [5, 5.41) is 0. The third kappa shape index (κ3) is 7.56. The van der Waals surface area contributed by atoms with Crippen LogP contribution in [0.25, 0.3) is 0 Å². The zero-order valence-corrected chi connectivity index (χ0v) is 7.41. The SMILES string of the molecule is CC#CCCCCC(C)C. The average Bonchev–Trinajstić information content (AvgIpc) is 1.87. The minimum absolute atomic E-state index is 0.856. The average molecular weight is 138 g/mol. The molecule has 0 aliphatic carbocycles. The Balaban J connectivity index is 2.96. The first kappa shape index (κ1) is 9.56. The summed E-state index contributed by atoms with van der Waals surface area (Å²) in [5.41, 5.74) is 0. The molecule has 58 valence electrons. The largest absolute Gasteiger partial charge is 0.107 e. The van der Waals surface area contributed by atoms with Crippen LogP contribution >= 0.6 is 0 Å². The first-order valence-electron chi connectivity index (χ1n) is 4.17. The molecule has 0 rings (SSSR count). The fraction of sp³-hybridized carbons (Fsp3) is 0.800. The molecule has 0 saturated carbocycles. The molecule has 0 aromatic carbocycles. The summed E-state index contributed by atoms with van der Waals surface area (Å²) >= 11 is 0. The Morgan fingerprint density at radius 2 is 1.90 bits per heavy atom. The Morgan fingerprint density at radius 3 is 2.40 bits per heavy atom. The Hall–Kier alpha value is -0.440. The van der Waals surface area contributed by atoms with Gasteiger partial charge >= 0.3 is 0 Å². The number of hydrogen-bond donors (Lipinski definition) is 0. The fourth-order valence-electron chi connectivity index (χ4n) is 0.891. The highest BCUT2D eigenvalue weighted by Gasteiger charge is 1.91. The highest BCUT2D eigenvalue weighted by molar-refractivity contribution is 4.94. The van der Waals surface area contributed by atoms with Gasteiger partial charge in [0.1, 0.15) is 0 Å². The maximum Gasteiger partial charge on any atom is 0.00885 e. The van der Waals surface area contributed by atoms with E-state index in [1.807, 2.05) is 6.92 Å². The third-order valence-electron chi connectivity index (χ3n) is 1.51. The van der Waals surface area contributed by atoms with Crippen molar-refractivity contribution in [3.05, 3.63) is 0 Å². The molecule has 0 amide bonds. The molecule has 0 saturated heterocycles. The van der Waals surface area contributed by atoms with E-state index in [2.05, 4.69) is 25.7 Å². The fourth-order valence-corrected chi connectivity index (χ4v) is 0.891. The number of rotatable bonds is 4. The van der Waals surface area contributed by atoms with Gasteiger partial charge in [-0.05, 0) is 19.3 Å². The molecule has 0 fully saturated rings. The van der Waals surface area contributed by atoms with E-state index in [4.69, 9.17) is 0 Å².